The van der Waals surface area contributed by atoms with Crippen molar-refractivity contribution in [2.75, 3.05) is 32.9 Å². The Morgan fingerprint density at radius 1 is 1.07 bits per heavy atom. The van der Waals surface area contributed by atoms with E-state index in [1.54, 1.807) is 18.2 Å². The summed E-state index contributed by atoms with van der Waals surface area (Å²) in [6, 6.07) is 13.7. The van der Waals surface area contributed by atoms with Crippen LogP contribution in [0.5, 0.6) is 5.75 Å². The molecule has 1 N–H and O–H groups in total. The zero-order valence-corrected chi connectivity index (χ0v) is 15.9. The molecule has 1 saturated heterocycles. The van der Waals surface area contributed by atoms with E-state index in [0.717, 1.165) is 25.2 Å². The van der Waals surface area contributed by atoms with Crippen LogP contribution in [0.4, 0.5) is 13.2 Å². The van der Waals surface area contributed by atoms with Crippen LogP contribution < -0.4 is 10.1 Å². The van der Waals surface area contributed by atoms with E-state index >= 15 is 0 Å². The summed E-state index contributed by atoms with van der Waals surface area (Å²) in [5, 5.41) is 2.80. The van der Waals surface area contributed by atoms with Crippen molar-refractivity contribution >= 4 is 5.91 Å². The molecular formula is C21H23F3N2O3. The molecule has 0 aromatic heterocycles. The van der Waals surface area contributed by atoms with Gasteiger partial charge in [0.05, 0.1) is 13.2 Å². The van der Waals surface area contributed by atoms with E-state index in [1.165, 1.54) is 12.1 Å². The van der Waals surface area contributed by atoms with Gasteiger partial charge in [-0.15, -0.1) is 0 Å². The van der Waals surface area contributed by atoms with Crippen molar-refractivity contribution in [2.24, 2.45) is 0 Å². The highest BCUT2D eigenvalue weighted by Crippen LogP contribution is 2.19. The standard InChI is InChI=1S/C21H23F3N2O3/c22-21(23,24)15-29-19-6-2-3-16(12-19)13-25-20(27)18-5-1-4-17(11-18)14-26-7-9-28-10-8-26/h1-6,11-12H,7-10,13-15H2,(H,25,27). The van der Waals surface area contributed by atoms with Crippen LogP contribution >= 0.6 is 0 Å². The van der Waals surface area contributed by atoms with Gasteiger partial charge < -0.3 is 14.8 Å². The minimum absolute atomic E-state index is 0.113. The Balaban J connectivity index is 1.54. The van der Waals surface area contributed by atoms with Crippen LogP contribution in [-0.2, 0) is 17.8 Å². The number of halogens is 3. The van der Waals surface area contributed by atoms with Gasteiger partial charge in [0.25, 0.3) is 5.91 Å². The summed E-state index contributed by atoms with van der Waals surface area (Å²) in [6.07, 6.45) is -4.39. The molecule has 1 aliphatic heterocycles. The molecule has 0 spiro atoms. The first-order valence-electron chi connectivity index (χ1n) is 9.35. The predicted molar refractivity (Wildman–Crippen MR) is 102 cm³/mol. The van der Waals surface area contributed by atoms with Crippen LogP contribution in [0.15, 0.2) is 48.5 Å². The molecule has 5 nitrogen and oxygen atoms in total. The minimum Gasteiger partial charge on any atom is -0.484 e. The summed E-state index contributed by atoms with van der Waals surface area (Å²) in [4.78, 5) is 14.8. The third-order valence-electron chi connectivity index (χ3n) is 4.45. The van der Waals surface area contributed by atoms with Crippen molar-refractivity contribution in [3.63, 3.8) is 0 Å². The highest BCUT2D eigenvalue weighted by molar-refractivity contribution is 5.94. The number of alkyl halides is 3. The van der Waals surface area contributed by atoms with Crippen LogP contribution in [0.25, 0.3) is 0 Å². The zero-order chi connectivity index (χ0) is 20.7. The maximum absolute atomic E-state index is 12.5. The fourth-order valence-electron chi connectivity index (χ4n) is 3.02. The van der Waals surface area contributed by atoms with E-state index in [2.05, 4.69) is 10.2 Å². The van der Waals surface area contributed by atoms with Crippen LogP contribution in [0.2, 0.25) is 0 Å². The largest absolute Gasteiger partial charge is 0.484 e. The number of amides is 1. The molecule has 0 unspecified atom stereocenters. The number of nitrogens with zero attached hydrogens (tertiary/aromatic N) is 1. The van der Waals surface area contributed by atoms with Gasteiger partial charge in [0, 0.05) is 31.7 Å². The number of carbonyl (C=O) groups is 1. The number of rotatable bonds is 7. The molecule has 1 amide bonds. The third kappa shape index (κ3) is 7.07. The Bertz CT molecular complexity index is 821. The van der Waals surface area contributed by atoms with Gasteiger partial charge in [-0.2, -0.15) is 13.2 Å². The van der Waals surface area contributed by atoms with Gasteiger partial charge in [0.2, 0.25) is 0 Å². The molecule has 8 heteroatoms. The van der Waals surface area contributed by atoms with Gasteiger partial charge in [-0.1, -0.05) is 24.3 Å². The molecular weight excluding hydrogens is 385 g/mol. The lowest BCUT2D eigenvalue weighted by Crippen LogP contribution is -2.35. The zero-order valence-electron chi connectivity index (χ0n) is 15.9. The maximum atomic E-state index is 12.5. The summed E-state index contributed by atoms with van der Waals surface area (Å²) >= 11 is 0. The van der Waals surface area contributed by atoms with Crippen molar-refractivity contribution in [2.45, 2.75) is 19.3 Å². The summed E-state index contributed by atoms with van der Waals surface area (Å²) in [6.45, 7) is 2.75. The van der Waals surface area contributed by atoms with E-state index in [-0.39, 0.29) is 18.2 Å². The first-order chi connectivity index (χ1) is 13.9. The van der Waals surface area contributed by atoms with Gasteiger partial charge in [-0.05, 0) is 35.4 Å². The maximum Gasteiger partial charge on any atom is 0.422 e. The highest BCUT2D eigenvalue weighted by Gasteiger charge is 2.28. The summed E-state index contributed by atoms with van der Waals surface area (Å²) in [5.74, 6) is -0.128. The Kier molecular flexibility index (Phi) is 7.11. The van der Waals surface area contributed by atoms with Crippen LogP contribution in [-0.4, -0.2) is 49.9 Å². The average molecular weight is 408 g/mol. The Morgan fingerprint density at radius 2 is 1.79 bits per heavy atom. The van der Waals surface area contributed by atoms with Crippen LogP contribution in [0, 0.1) is 0 Å². The molecule has 1 aliphatic rings. The SMILES string of the molecule is O=C(NCc1cccc(OCC(F)(F)F)c1)c1cccc(CN2CCOCC2)c1. The van der Waals surface area contributed by atoms with E-state index in [9.17, 15) is 18.0 Å². The first-order valence-corrected chi connectivity index (χ1v) is 9.35. The van der Waals surface area contributed by atoms with Gasteiger partial charge in [0.15, 0.2) is 6.61 Å². The van der Waals surface area contributed by atoms with Gasteiger partial charge in [0.1, 0.15) is 5.75 Å². The van der Waals surface area contributed by atoms with Crippen molar-refractivity contribution in [1.82, 2.24) is 10.2 Å². The molecule has 3 rings (SSSR count). The summed E-state index contributed by atoms with van der Waals surface area (Å²) in [7, 11) is 0. The molecule has 0 bridgehead atoms. The average Bonchev–Trinajstić information content (AvgIpc) is 2.71. The van der Waals surface area contributed by atoms with Gasteiger partial charge in [-0.3, -0.25) is 9.69 Å². The number of carbonyl (C=O) groups excluding carboxylic acids is 1. The van der Waals surface area contributed by atoms with E-state index in [4.69, 9.17) is 9.47 Å². The normalized spacial score (nSPS) is 15.1. The van der Waals surface area contributed by atoms with Crippen molar-refractivity contribution in [1.29, 1.82) is 0 Å². The van der Waals surface area contributed by atoms with Gasteiger partial charge >= 0.3 is 6.18 Å². The molecule has 0 saturated carbocycles. The lowest BCUT2D eigenvalue weighted by molar-refractivity contribution is -0.153. The molecule has 0 atom stereocenters. The molecule has 0 aliphatic carbocycles. The number of hydrogen-bond acceptors (Lipinski definition) is 4. The molecule has 1 fully saturated rings. The van der Waals surface area contributed by atoms with Crippen LogP contribution in [0.3, 0.4) is 0 Å². The number of ether oxygens (including phenoxy) is 2. The fourth-order valence-corrected chi connectivity index (χ4v) is 3.02. The minimum atomic E-state index is -4.39. The fraction of sp³-hybridized carbons (Fsp3) is 0.381. The quantitative estimate of drug-likeness (QED) is 0.763. The van der Waals surface area contributed by atoms with Gasteiger partial charge in [-0.25, -0.2) is 0 Å². The highest BCUT2D eigenvalue weighted by atomic mass is 19.4. The van der Waals surface area contributed by atoms with Crippen molar-refractivity contribution < 1.29 is 27.4 Å². The third-order valence-corrected chi connectivity index (χ3v) is 4.45. The molecule has 156 valence electrons. The Hall–Kier alpha value is -2.58. The van der Waals surface area contributed by atoms with E-state index in [1.807, 2.05) is 18.2 Å². The molecule has 1 heterocycles. The Labute approximate surface area is 167 Å². The lowest BCUT2D eigenvalue weighted by atomic mass is 10.1. The van der Waals surface area contributed by atoms with Crippen molar-refractivity contribution in [3.05, 3.63) is 65.2 Å². The first kappa shape index (κ1) is 21.1. The van der Waals surface area contributed by atoms with Crippen LogP contribution in [0.1, 0.15) is 21.5 Å². The van der Waals surface area contributed by atoms with E-state index in [0.29, 0.717) is 24.3 Å². The number of morpholine rings is 1. The molecule has 2 aromatic rings. The molecule has 2 aromatic carbocycles. The lowest BCUT2D eigenvalue weighted by Gasteiger charge is -2.26. The monoisotopic (exact) mass is 408 g/mol. The smallest absolute Gasteiger partial charge is 0.422 e. The van der Waals surface area contributed by atoms with Crippen molar-refractivity contribution in [3.8, 4) is 5.75 Å². The summed E-state index contributed by atoms with van der Waals surface area (Å²) in [5.41, 5.74) is 2.24. The predicted octanol–water partition coefficient (Wildman–Crippen LogP) is 3.39. The Morgan fingerprint density at radius 3 is 2.55 bits per heavy atom. The summed E-state index contributed by atoms with van der Waals surface area (Å²) < 4.78 is 46.9. The van der Waals surface area contributed by atoms with E-state index < -0.39 is 12.8 Å². The second kappa shape index (κ2) is 9.76. The number of hydrogen-bond donors (Lipinski definition) is 1. The molecule has 0 radical (unpaired) electrons. The number of nitrogens with one attached hydrogen (secondary N) is 1. The number of benzene rings is 2. The second-order valence-electron chi connectivity index (χ2n) is 6.82. The topological polar surface area (TPSA) is 50.8 Å². The molecule has 29 heavy (non-hydrogen) atoms. The second-order valence-corrected chi connectivity index (χ2v) is 6.82.